The molecule has 0 amide bonds. The van der Waals surface area contributed by atoms with E-state index < -0.39 is 59.8 Å². The molecule has 0 aromatic rings. The molecule has 280 valence electrons. The maximum atomic E-state index is 12.7. The lowest BCUT2D eigenvalue weighted by atomic mass is 9.99. The van der Waals surface area contributed by atoms with Crippen molar-refractivity contribution < 1.29 is 56.2 Å². The molecule has 0 bridgehead atoms. The third-order valence-corrected chi connectivity index (χ3v) is 8.94. The van der Waals surface area contributed by atoms with E-state index in [0.717, 1.165) is 38.5 Å². The Morgan fingerprint density at radius 1 is 0.723 bits per heavy atom. The van der Waals surface area contributed by atoms with Gasteiger partial charge in [-0.2, -0.15) is 8.42 Å². The number of ether oxygens (including phenoxy) is 4. The second-order valence-corrected chi connectivity index (χ2v) is 13.9. The number of aliphatic hydroxyl groups is 3. The highest BCUT2D eigenvalue weighted by Crippen LogP contribution is 2.26. The molecule has 6 atom stereocenters. The summed E-state index contributed by atoms with van der Waals surface area (Å²) in [5.74, 6) is -0.400. The summed E-state index contributed by atoms with van der Waals surface area (Å²) in [5.41, 5.74) is 0. The van der Waals surface area contributed by atoms with Gasteiger partial charge in [-0.25, -0.2) is 4.18 Å². The highest BCUT2D eigenvalue weighted by Gasteiger charge is 2.48. The number of carbonyl (C=O) groups is 1. The Kier molecular flexibility index (Phi) is 26.2. The lowest BCUT2D eigenvalue weighted by Crippen LogP contribution is -2.60. The number of carbonyl (C=O) groups excluding carboxylic acids is 1. The lowest BCUT2D eigenvalue weighted by molar-refractivity contribution is -0.301. The molecule has 0 aromatic carbocycles. The molecule has 0 aliphatic carbocycles. The zero-order valence-corrected chi connectivity index (χ0v) is 29.9. The quantitative estimate of drug-likeness (QED) is 0.0390. The zero-order chi connectivity index (χ0) is 34.8. The minimum absolute atomic E-state index is 0.0417. The Labute approximate surface area is 284 Å². The van der Waals surface area contributed by atoms with Gasteiger partial charge in [0.15, 0.2) is 6.29 Å². The highest BCUT2D eigenvalue weighted by molar-refractivity contribution is 7.80. The molecule has 47 heavy (non-hydrogen) atoms. The van der Waals surface area contributed by atoms with Gasteiger partial charge in [-0.05, 0) is 12.8 Å². The largest absolute Gasteiger partial charge is 0.457 e. The molecule has 13 heteroatoms. The summed E-state index contributed by atoms with van der Waals surface area (Å²) >= 11 is 0. The first-order chi connectivity index (χ1) is 22.6. The van der Waals surface area contributed by atoms with E-state index in [-0.39, 0.29) is 19.6 Å². The minimum atomic E-state index is -5.05. The number of aliphatic hydroxyl groups excluding tert-OH is 3. The van der Waals surface area contributed by atoms with E-state index in [1.54, 1.807) is 0 Å². The van der Waals surface area contributed by atoms with Gasteiger partial charge >= 0.3 is 16.4 Å². The summed E-state index contributed by atoms with van der Waals surface area (Å²) in [6, 6.07) is 0. The van der Waals surface area contributed by atoms with E-state index in [0.29, 0.717) is 13.0 Å². The Morgan fingerprint density at radius 3 is 1.70 bits per heavy atom. The second kappa shape index (κ2) is 27.9. The van der Waals surface area contributed by atoms with Crippen molar-refractivity contribution in [2.24, 2.45) is 0 Å². The predicted molar refractivity (Wildman–Crippen MR) is 179 cm³/mol. The van der Waals surface area contributed by atoms with Crippen molar-refractivity contribution in [3.63, 3.8) is 0 Å². The van der Waals surface area contributed by atoms with E-state index in [2.05, 4.69) is 18.0 Å². The summed E-state index contributed by atoms with van der Waals surface area (Å²) in [7, 11) is -5.05. The fourth-order valence-electron chi connectivity index (χ4n) is 5.67. The SMILES string of the molecule is CCCCCCCCCCCCCCCC(=O)OC(COCCCCCCCCC)COC1OC(CO)C(O)C(OS(=O)(=O)O)C1O. The van der Waals surface area contributed by atoms with Crippen molar-refractivity contribution in [3.05, 3.63) is 0 Å². The molecule has 1 saturated heterocycles. The maximum Gasteiger partial charge on any atom is 0.397 e. The average Bonchev–Trinajstić information content (AvgIpc) is 3.03. The van der Waals surface area contributed by atoms with Crippen LogP contribution >= 0.6 is 0 Å². The zero-order valence-electron chi connectivity index (χ0n) is 29.1. The summed E-state index contributed by atoms with van der Waals surface area (Å²) in [6.07, 6.45) is 14.5. The van der Waals surface area contributed by atoms with Gasteiger partial charge in [0, 0.05) is 13.0 Å². The van der Waals surface area contributed by atoms with Crippen molar-refractivity contribution in [2.75, 3.05) is 26.4 Å². The van der Waals surface area contributed by atoms with Crippen LogP contribution in [0.4, 0.5) is 0 Å². The molecule has 1 aliphatic rings. The normalized spacial score (nSPS) is 22.4. The molecule has 1 heterocycles. The summed E-state index contributed by atoms with van der Waals surface area (Å²) in [4.78, 5) is 12.7. The maximum absolute atomic E-state index is 12.7. The van der Waals surface area contributed by atoms with Crippen molar-refractivity contribution >= 4 is 16.4 Å². The van der Waals surface area contributed by atoms with Gasteiger partial charge in [-0.1, -0.05) is 129 Å². The van der Waals surface area contributed by atoms with Gasteiger partial charge in [0.25, 0.3) is 0 Å². The molecule has 1 aliphatic heterocycles. The van der Waals surface area contributed by atoms with Crippen LogP contribution in [0.5, 0.6) is 0 Å². The van der Waals surface area contributed by atoms with Crippen LogP contribution < -0.4 is 0 Å². The van der Waals surface area contributed by atoms with Crippen molar-refractivity contribution in [2.45, 2.75) is 185 Å². The lowest BCUT2D eigenvalue weighted by Gasteiger charge is -2.41. The predicted octanol–water partition coefficient (Wildman–Crippen LogP) is 5.79. The van der Waals surface area contributed by atoms with Crippen LogP contribution in [0.2, 0.25) is 0 Å². The standard InChI is InChI=1S/C34H66O12S/c1-3-5-7-9-11-12-13-14-15-16-17-19-21-23-30(36)44-28(26-42-24-22-20-18-10-8-6-4-2)27-43-34-32(38)33(46-47(39,40)41)31(37)29(25-35)45-34/h28-29,31-35,37-38H,3-27H2,1-2H3,(H,39,40,41). The molecular formula is C34H66O12S. The van der Waals surface area contributed by atoms with Gasteiger partial charge in [-0.3, -0.25) is 9.35 Å². The van der Waals surface area contributed by atoms with E-state index in [9.17, 15) is 28.5 Å². The van der Waals surface area contributed by atoms with Gasteiger partial charge in [0.1, 0.15) is 30.5 Å². The molecule has 0 aromatic heterocycles. The third-order valence-electron chi connectivity index (χ3n) is 8.48. The monoisotopic (exact) mass is 698 g/mol. The number of hydrogen-bond acceptors (Lipinski definition) is 11. The average molecular weight is 699 g/mol. The molecule has 6 unspecified atom stereocenters. The molecule has 12 nitrogen and oxygen atoms in total. The van der Waals surface area contributed by atoms with Crippen LogP contribution in [0, 0.1) is 0 Å². The van der Waals surface area contributed by atoms with Gasteiger partial charge in [-0.15, -0.1) is 0 Å². The fourth-order valence-corrected chi connectivity index (χ4v) is 6.18. The number of rotatable bonds is 31. The Balaban J connectivity index is 2.50. The summed E-state index contributed by atoms with van der Waals surface area (Å²) in [6.45, 7) is 3.93. The van der Waals surface area contributed by atoms with Crippen molar-refractivity contribution in [3.8, 4) is 0 Å². The molecule has 0 spiro atoms. The van der Waals surface area contributed by atoms with Crippen molar-refractivity contribution in [1.29, 1.82) is 0 Å². The molecule has 1 fully saturated rings. The Bertz CT molecular complexity index is 858. The van der Waals surface area contributed by atoms with E-state index in [1.807, 2.05) is 0 Å². The van der Waals surface area contributed by atoms with Gasteiger partial charge < -0.3 is 34.3 Å². The molecular weight excluding hydrogens is 632 g/mol. The van der Waals surface area contributed by atoms with E-state index >= 15 is 0 Å². The minimum Gasteiger partial charge on any atom is -0.457 e. The third kappa shape index (κ3) is 22.4. The van der Waals surface area contributed by atoms with Gasteiger partial charge in [0.05, 0.1) is 19.8 Å². The van der Waals surface area contributed by atoms with Crippen LogP contribution in [0.3, 0.4) is 0 Å². The van der Waals surface area contributed by atoms with Gasteiger partial charge in [0.2, 0.25) is 0 Å². The summed E-state index contributed by atoms with van der Waals surface area (Å²) < 4.78 is 58.5. The van der Waals surface area contributed by atoms with Crippen LogP contribution in [0.1, 0.15) is 149 Å². The smallest absolute Gasteiger partial charge is 0.397 e. The topological polar surface area (TPSA) is 178 Å². The van der Waals surface area contributed by atoms with Crippen molar-refractivity contribution in [1.82, 2.24) is 0 Å². The van der Waals surface area contributed by atoms with E-state index in [1.165, 1.54) is 83.5 Å². The first kappa shape index (κ1) is 44.1. The number of esters is 1. The van der Waals surface area contributed by atoms with E-state index in [4.69, 9.17) is 23.5 Å². The van der Waals surface area contributed by atoms with Crippen LogP contribution in [-0.4, -0.2) is 97.5 Å². The second-order valence-electron chi connectivity index (χ2n) is 12.8. The number of hydrogen-bond donors (Lipinski definition) is 4. The highest BCUT2D eigenvalue weighted by atomic mass is 32.3. The molecule has 0 radical (unpaired) electrons. The Morgan fingerprint density at radius 2 is 1.21 bits per heavy atom. The molecule has 1 rings (SSSR count). The summed E-state index contributed by atoms with van der Waals surface area (Å²) in [5, 5.41) is 30.4. The van der Waals surface area contributed by atoms with Crippen LogP contribution in [-0.2, 0) is 38.3 Å². The number of unbranched alkanes of at least 4 members (excludes halogenated alkanes) is 18. The van der Waals surface area contributed by atoms with Crippen LogP contribution in [0.15, 0.2) is 0 Å². The first-order valence-electron chi connectivity index (χ1n) is 18.3. The first-order valence-corrected chi connectivity index (χ1v) is 19.7. The fraction of sp³-hybridized carbons (Fsp3) is 0.971. The molecule has 0 saturated carbocycles. The molecule has 4 N–H and O–H groups in total. The Hall–Kier alpha value is -0.900. The van der Waals surface area contributed by atoms with Crippen LogP contribution in [0.25, 0.3) is 0 Å².